The van der Waals surface area contributed by atoms with Crippen molar-refractivity contribution in [2.75, 3.05) is 5.32 Å². The predicted molar refractivity (Wildman–Crippen MR) is 77.6 cm³/mol. The number of primary amides is 1. The standard InChI is InChI=1S/C14H17N5O2/c1-2-3-11(20)18-14-12(13(15)21)19(9-17-14)8-10-4-6-16-7-5-10/h4-7,9H,2-3,8H2,1H3,(H2,15,21)(H,18,20). The second-order valence-electron chi connectivity index (χ2n) is 4.59. The number of amides is 2. The fourth-order valence-corrected chi connectivity index (χ4v) is 1.96. The number of nitrogens with zero attached hydrogens (tertiary/aromatic N) is 3. The van der Waals surface area contributed by atoms with Crippen molar-refractivity contribution in [2.45, 2.75) is 26.3 Å². The number of nitrogens with one attached hydrogen (secondary N) is 1. The Morgan fingerprint density at radius 3 is 2.67 bits per heavy atom. The van der Waals surface area contributed by atoms with E-state index in [1.165, 1.54) is 6.33 Å². The molecule has 0 saturated heterocycles. The molecule has 0 bridgehead atoms. The van der Waals surface area contributed by atoms with Crippen LogP contribution in [0.1, 0.15) is 35.8 Å². The molecule has 7 heteroatoms. The minimum Gasteiger partial charge on any atom is -0.364 e. The lowest BCUT2D eigenvalue weighted by Crippen LogP contribution is -2.21. The van der Waals surface area contributed by atoms with Crippen molar-refractivity contribution in [3.63, 3.8) is 0 Å². The van der Waals surface area contributed by atoms with E-state index >= 15 is 0 Å². The highest BCUT2D eigenvalue weighted by Crippen LogP contribution is 2.15. The molecular formula is C14H17N5O2. The number of aromatic nitrogens is 3. The van der Waals surface area contributed by atoms with Crippen LogP contribution in [0.4, 0.5) is 5.82 Å². The van der Waals surface area contributed by atoms with Gasteiger partial charge in [-0.2, -0.15) is 0 Å². The molecule has 7 nitrogen and oxygen atoms in total. The van der Waals surface area contributed by atoms with Crippen molar-refractivity contribution in [1.29, 1.82) is 0 Å². The summed E-state index contributed by atoms with van der Waals surface area (Å²) in [5.41, 5.74) is 6.55. The van der Waals surface area contributed by atoms with E-state index < -0.39 is 5.91 Å². The van der Waals surface area contributed by atoms with Gasteiger partial charge in [0.05, 0.1) is 6.33 Å². The zero-order chi connectivity index (χ0) is 15.2. The molecule has 0 atom stereocenters. The summed E-state index contributed by atoms with van der Waals surface area (Å²) in [6.45, 7) is 2.33. The molecule has 0 aliphatic carbocycles. The molecule has 0 unspecified atom stereocenters. The molecule has 2 aromatic heterocycles. The SMILES string of the molecule is CCCC(=O)Nc1ncn(Cc2ccncc2)c1C(N)=O. The number of carbonyl (C=O) groups is 2. The Hall–Kier alpha value is -2.70. The van der Waals surface area contributed by atoms with Gasteiger partial charge in [-0.1, -0.05) is 6.92 Å². The van der Waals surface area contributed by atoms with Crippen molar-refractivity contribution in [1.82, 2.24) is 14.5 Å². The van der Waals surface area contributed by atoms with Gasteiger partial charge in [-0.3, -0.25) is 14.6 Å². The van der Waals surface area contributed by atoms with Crippen molar-refractivity contribution in [3.8, 4) is 0 Å². The number of nitrogens with two attached hydrogens (primary N) is 1. The molecule has 0 spiro atoms. The first kappa shape index (κ1) is 14.7. The van der Waals surface area contributed by atoms with E-state index in [0.717, 1.165) is 12.0 Å². The Morgan fingerprint density at radius 2 is 2.05 bits per heavy atom. The summed E-state index contributed by atoms with van der Waals surface area (Å²) in [4.78, 5) is 31.3. The Balaban J connectivity index is 2.24. The Morgan fingerprint density at radius 1 is 1.33 bits per heavy atom. The number of carbonyl (C=O) groups excluding carboxylic acids is 2. The first-order valence-corrected chi connectivity index (χ1v) is 6.65. The molecule has 2 heterocycles. The number of rotatable bonds is 6. The van der Waals surface area contributed by atoms with Gasteiger partial charge in [0, 0.05) is 25.4 Å². The quantitative estimate of drug-likeness (QED) is 0.832. The predicted octanol–water partition coefficient (Wildman–Crippen LogP) is 1.16. The van der Waals surface area contributed by atoms with Crippen molar-refractivity contribution >= 4 is 17.6 Å². The first-order valence-electron chi connectivity index (χ1n) is 6.65. The van der Waals surface area contributed by atoms with Crippen molar-refractivity contribution < 1.29 is 9.59 Å². The minimum atomic E-state index is -0.631. The van der Waals surface area contributed by atoms with Crippen LogP contribution in [-0.2, 0) is 11.3 Å². The van der Waals surface area contributed by atoms with Crippen LogP contribution in [0, 0.1) is 0 Å². The van der Waals surface area contributed by atoms with Crippen molar-refractivity contribution in [2.24, 2.45) is 5.73 Å². The van der Waals surface area contributed by atoms with Crippen LogP contribution in [-0.4, -0.2) is 26.3 Å². The molecule has 2 aromatic rings. The van der Waals surface area contributed by atoms with Crippen LogP contribution in [0.3, 0.4) is 0 Å². The summed E-state index contributed by atoms with van der Waals surface area (Å²) in [5.74, 6) is -0.613. The monoisotopic (exact) mass is 287 g/mol. The van der Waals surface area contributed by atoms with Gasteiger partial charge in [0.25, 0.3) is 5.91 Å². The van der Waals surface area contributed by atoms with Gasteiger partial charge in [-0.25, -0.2) is 4.98 Å². The summed E-state index contributed by atoms with van der Waals surface area (Å²) < 4.78 is 1.61. The molecule has 0 fully saturated rings. The van der Waals surface area contributed by atoms with Crippen LogP contribution in [0.5, 0.6) is 0 Å². The molecular weight excluding hydrogens is 270 g/mol. The fourth-order valence-electron chi connectivity index (χ4n) is 1.96. The largest absolute Gasteiger partial charge is 0.364 e. The van der Waals surface area contributed by atoms with Gasteiger partial charge in [-0.05, 0) is 24.1 Å². The van der Waals surface area contributed by atoms with Crippen molar-refractivity contribution in [3.05, 3.63) is 42.1 Å². The molecule has 21 heavy (non-hydrogen) atoms. The number of hydrogen-bond acceptors (Lipinski definition) is 4. The summed E-state index contributed by atoms with van der Waals surface area (Å²) in [5, 5.41) is 2.61. The van der Waals surface area contributed by atoms with Crippen LogP contribution >= 0.6 is 0 Å². The van der Waals surface area contributed by atoms with E-state index in [4.69, 9.17) is 5.73 Å². The van der Waals surface area contributed by atoms with E-state index in [1.54, 1.807) is 17.0 Å². The molecule has 0 aliphatic heterocycles. The number of anilines is 1. The van der Waals surface area contributed by atoms with E-state index in [2.05, 4.69) is 15.3 Å². The number of pyridine rings is 1. The third-order valence-corrected chi connectivity index (χ3v) is 2.91. The third-order valence-electron chi connectivity index (χ3n) is 2.91. The van der Waals surface area contributed by atoms with Gasteiger partial charge in [-0.15, -0.1) is 0 Å². The van der Waals surface area contributed by atoms with Crippen LogP contribution in [0.25, 0.3) is 0 Å². The second-order valence-corrected chi connectivity index (χ2v) is 4.59. The van der Waals surface area contributed by atoms with Gasteiger partial charge in [0.15, 0.2) is 11.5 Å². The van der Waals surface area contributed by atoms with Gasteiger partial charge in [0.2, 0.25) is 5.91 Å². The molecule has 2 rings (SSSR count). The molecule has 2 amide bonds. The van der Waals surface area contributed by atoms with E-state index in [-0.39, 0.29) is 17.4 Å². The van der Waals surface area contributed by atoms with Crippen LogP contribution < -0.4 is 11.1 Å². The molecule has 3 N–H and O–H groups in total. The summed E-state index contributed by atoms with van der Waals surface area (Å²) >= 11 is 0. The average Bonchev–Trinajstić information content (AvgIpc) is 2.82. The van der Waals surface area contributed by atoms with Crippen LogP contribution in [0.15, 0.2) is 30.9 Å². The Bertz CT molecular complexity index is 636. The number of hydrogen-bond donors (Lipinski definition) is 2. The molecule has 0 aliphatic rings. The highest BCUT2D eigenvalue weighted by molar-refractivity contribution is 6.00. The highest BCUT2D eigenvalue weighted by atomic mass is 16.2. The van der Waals surface area contributed by atoms with E-state index in [1.807, 2.05) is 19.1 Å². The lowest BCUT2D eigenvalue weighted by atomic mass is 10.2. The lowest BCUT2D eigenvalue weighted by Gasteiger charge is -2.07. The lowest BCUT2D eigenvalue weighted by molar-refractivity contribution is -0.116. The maximum absolute atomic E-state index is 11.6. The first-order chi connectivity index (χ1) is 10.1. The van der Waals surface area contributed by atoms with Crippen LogP contribution in [0.2, 0.25) is 0 Å². The number of imidazole rings is 1. The third kappa shape index (κ3) is 3.65. The van der Waals surface area contributed by atoms with E-state index in [0.29, 0.717) is 13.0 Å². The fraction of sp³-hybridized carbons (Fsp3) is 0.286. The summed E-state index contributed by atoms with van der Waals surface area (Å²) in [6.07, 6.45) is 5.91. The van der Waals surface area contributed by atoms with Gasteiger partial charge in [0.1, 0.15) is 0 Å². The summed E-state index contributed by atoms with van der Waals surface area (Å²) in [6, 6.07) is 3.67. The molecule has 0 radical (unpaired) electrons. The summed E-state index contributed by atoms with van der Waals surface area (Å²) in [7, 11) is 0. The Labute approximate surface area is 122 Å². The molecule has 110 valence electrons. The van der Waals surface area contributed by atoms with E-state index in [9.17, 15) is 9.59 Å². The molecule has 0 saturated carbocycles. The zero-order valence-electron chi connectivity index (χ0n) is 11.7. The topological polar surface area (TPSA) is 103 Å². The second kappa shape index (κ2) is 6.65. The molecule has 0 aromatic carbocycles. The average molecular weight is 287 g/mol. The maximum Gasteiger partial charge on any atom is 0.269 e. The zero-order valence-corrected chi connectivity index (χ0v) is 11.7. The minimum absolute atomic E-state index is 0.186. The highest BCUT2D eigenvalue weighted by Gasteiger charge is 2.18. The maximum atomic E-state index is 11.6. The van der Waals surface area contributed by atoms with Gasteiger partial charge >= 0.3 is 0 Å². The smallest absolute Gasteiger partial charge is 0.269 e. The Kier molecular flexibility index (Phi) is 4.65. The normalized spacial score (nSPS) is 10.3. The van der Waals surface area contributed by atoms with Gasteiger partial charge < -0.3 is 15.6 Å².